The Morgan fingerprint density at radius 3 is 2.61 bits per heavy atom. The van der Waals surface area contributed by atoms with E-state index in [2.05, 4.69) is 41.6 Å². The van der Waals surface area contributed by atoms with Crippen molar-refractivity contribution < 1.29 is 9.18 Å². The number of hydrogen-bond acceptors (Lipinski definition) is 3. The third-order valence-electron chi connectivity index (χ3n) is 4.73. The number of aromatic nitrogens is 2. The quantitative estimate of drug-likeness (QED) is 0.500. The number of carbonyl (C=O) groups is 1. The number of fused-ring (bicyclic) bond motifs is 1. The van der Waals surface area contributed by atoms with Crippen molar-refractivity contribution in [3.05, 3.63) is 81.6 Å². The molecular weight excluding hydrogens is 373 g/mol. The second-order valence-corrected chi connectivity index (χ2v) is 8.00. The third kappa shape index (κ3) is 3.55. The molecule has 1 amide bonds. The van der Waals surface area contributed by atoms with Crippen LogP contribution in [0.5, 0.6) is 0 Å². The topological polar surface area (TPSA) is 46.9 Å². The summed E-state index contributed by atoms with van der Waals surface area (Å²) in [6, 6.07) is 14.6. The maximum Gasteiger partial charge on any atom is 0.265 e. The summed E-state index contributed by atoms with van der Waals surface area (Å²) < 4.78 is 15.4. The van der Waals surface area contributed by atoms with Gasteiger partial charge < -0.3 is 5.32 Å². The van der Waals surface area contributed by atoms with E-state index >= 15 is 0 Å². The lowest BCUT2D eigenvalue weighted by atomic mass is 10.1. The van der Waals surface area contributed by atoms with Crippen molar-refractivity contribution in [2.75, 3.05) is 5.32 Å². The number of aryl methyl sites for hydroxylation is 3. The van der Waals surface area contributed by atoms with E-state index in [1.165, 1.54) is 29.0 Å². The van der Waals surface area contributed by atoms with Crippen molar-refractivity contribution in [1.29, 1.82) is 0 Å². The summed E-state index contributed by atoms with van der Waals surface area (Å²) in [6.45, 7) is 6.49. The number of hydrogen-bond donors (Lipinski definition) is 1. The average molecular weight is 393 g/mol. The van der Waals surface area contributed by atoms with Gasteiger partial charge >= 0.3 is 0 Å². The molecule has 4 nitrogen and oxygen atoms in total. The number of rotatable bonds is 4. The lowest BCUT2D eigenvalue weighted by molar-refractivity contribution is 0.103. The Bertz CT molecular complexity index is 1170. The molecule has 0 aliphatic heterocycles. The van der Waals surface area contributed by atoms with Crippen molar-refractivity contribution in [3.8, 4) is 0 Å². The fraction of sp³-hybridized carbons (Fsp3) is 0.182. The highest BCUT2D eigenvalue weighted by atomic mass is 32.1. The van der Waals surface area contributed by atoms with Gasteiger partial charge in [-0.05, 0) is 50.1 Å². The molecule has 142 valence electrons. The van der Waals surface area contributed by atoms with Gasteiger partial charge in [-0.3, -0.25) is 9.48 Å². The van der Waals surface area contributed by atoms with Crippen LogP contribution in [0.4, 0.5) is 10.1 Å². The van der Waals surface area contributed by atoms with Crippen molar-refractivity contribution in [2.45, 2.75) is 27.3 Å². The molecule has 2 heterocycles. The fourth-order valence-corrected chi connectivity index (χ4v) is 4.17. The lowest BCUT2D eigenvalue weighted by Gasteiger charge is -2.07. The summed E-state index contributed by atoms with van der Waals surface area (Å²) in [6.07, 6.45) is 0. The number of anilines is 1. The fourth-order valence-electron chi connectivity index (χ4n) is 3.11. The summed E-state index contributed by atoms with van der Waals surface area (Å²) in [5, 5.41) is 8.41. The standard InChI is InChI=1S/C22H20FN3OS/c1-13-4-7-16(8-5-13)12-26-22-18(15(3)25-26)11-20(28-22)21(27)24-19-10-17(23)9-6-14(19)2/h4-11H,12H2,1-3H3,(H,24,27). The first-order chi connectivity index (χ1) is 13.4. The van der Waals surface area contributed by atoms with Crippen LogP contribution >= 0.6 is 11.3 Å². The van der Waals surface area contributed by atoms with Crippen LogP contribution in [-0.4, -0.2) is 15.7 Å². The number of benzene rings is 2. The van der Waals surface area contributed by atoms with E-state index in [4.69, 9.17) is 0 Å². The van der Waals surface area contributed by atoms with Crippen LogP contribution in [0.3, 0.4) is 0 Å². The normalized spacial score (nSPS) is 11.1. The van der Waals surface area contributed by atoms with Gasteiger partial charge in [0.1, 0.15) is 10.6 Å². The third-order valence-corrected chi connectivity index (χ3v) is 5.88. The Labute approximate surface area is 166 Å². The Morgan fingerprint density at radius 2 is 1.86 bits per heavy atom. The minimum Gasteiger partial charge on any atom is -0.321 e. The van der Waals surface area contributed by atoms with Crippen molar-refractivity contribution >= 4 is 33.1 Å². The molecule has 0 radical (unpaired) electrons. The number of amides is 1. The van der Waals surface area contributed by atoms with Crippen LogP contribution in [-0.2, 0) is 6.54 Å². The van der Waals surface area contributed by atoms with E-state index in [9.17, 15) is 9.18 Å². The molecule has 0 bridgehead atoms. The minimum absolute atomic E-state index is 0.240. The Hall–Kier alpha value is -2.99. The van der Waals surface area contributed by atoms with Crippen LogP contribution in [0.1, 0.15) is 32.1 Å². The van der Waals surface area contributed by atoms with Crippen LogP contribution in [0.25, 0.3) is 10.2 Å². The monoisotopic (exact) mass is 393 g/mol. The van der Waals surface area contributed by atoms with Gasteiger partial charge in [0.25, 0.3) is 5.91 Å². The molecule has 2 aromatic carbocycles. The Balaban J connectivity index is 1.63. The SMILES string of the molecule is Cc1ccc(Cn2nc(C)c3cc(C(=O)Nc4cc(F)ccc4C)sc32)cc1. The molecule has 0 aliphatic rings. The number of thiophene rings is 1. The largest absolute Gasteiger partial charge is 0.321 e. The van der Waals surface area contributed by atoms with Gasteiger partial charge in [0.2, 0.25) is 0 Å². The highest BCUT2D eigenvalue weighted by Gasteiger charge is 2.17. The zero-order chi connectivity index (χ0) is 19.8. The molecule has 28 heavy (non-hydrogen) atoms. The number of halogens is 1. The highest BCUT2D eigenvalue weighted by molar-refractivity contribution is 7.20. The molecule has 0 aliphatic carbocycles. The van der Waals surface area contributed by atoms with Gasteiger partial charge in [0, 0.05) is 11.1 Å². The lowest BCUT2D eigenvalue weighted by Crippen LogP contribution is -2.11. The summed E-state index contributed by atoms with van der Waals surface area (Å²) in [5.41, 5.74) is 4.57. The van der Waals surface area contributed by atoms with E-state index in [-0.39, 0.29) is 11.7 Å². The number of nitrogens with zero attached hydrogens (tertiary/aromatic N) is 2. The van der Waals surface area contributed by atoms with E-state index in [0.29, 0.717) is 17.1 Å². The maximum atomic E-state index is 13.5. The zero-order valence-corrected chi connectivity index (χ0v) is 16.7. The highest BCUT2D eigenvalue weighted by Crippen LogP contribution is 2.30. The van der Waals surface area contributed by atoms with Crippen molar-refractivity contribution in [2.24, 2.45) is 0 Å². The summed E-state index contributed by atoms with van der Waals surface area (Å²) >= 11 is 1.40. The molecule has 0 atom stereocenters. The molecule has 0 saturated heterocycles. The molecule has 0 spiro atoms. The van der Waals surface area contributed by atoms with Gasteiger partial charge in [-0.2, -0.15) is 5.10 Å². The first-order valence-electron chi connectivity index (χ1n) is 9.01. The molecule has 0 fully saturated rings. The second kappa shape index (κ2) is 7.20. The number of carbonyl (C=O) groups excluding carboxylic acids is 1. The van der Waals surface area contributed by atoms with E-state index < -0.39 is 0 Å². The van der Waals surface area contributed by atoms with E-state index in [1.54, 1.807) is 6.07 Å². The summed E-state index contributed by atoms with van der Waals surface area (Å²) in [7, 11) is 0. The van der Waals surface area contributed by atoms with Gasteiger partial charge in [0.05, 0.1) is 17.1 Å². The second-order valence-electron chi connectivity index (χ2n) is 6.97. The molecular formula is C22H20FN3OS. The van der Waals surface area contributed by atoms with Crippen molar-refractivity contribution in [1.82, 2.24) is 9.78 Å². The van der Waals surface area contributed by atoms with E-state index in [1.807, 2.05) is 24.6 Å². The van der Waals surface area contributed by atoms with Crippen LogP contribution in [0.15, 0.2) is 48.5 Å². The minimum atomic E-state index is -0.373. The molecule has 4 aromatic rings. The van der Waals surface area contributed by atoms with Crippen LogP contribution < -0.4 is 5.32 Å². The first-order valence-corrected chi connectivity index (χ1v) is 9.82. The molecule has 1 N–H and O–H groups in total. The van der Waals surface area contributed by atoms with Crippen molar-refractivity contribution in [3.63, 3.8) is 0 Å². The maximum absolute atomic E-state index is 13.5. The van der Waals surface area contributed by atoms with Gasteiger partial charge in [-0.1, -0.05) is 35.9 Å². The molecule has 0 unspecified atom stereocenters. The molecule has 0 saturated carbocycles. The Morgan fingerprint density at radius 1 is 1.11 bits per heavy atom. The summed E-state index contributed by atoms with van der Waals surface area (Å²) in [5.74, 6) is -0.613. The first kappa shape index (κ1) is 18.4. The van der Waals surface area contributed by atoms with Gasteiger partial charge in [-0.15, -0.1) is 11.3 Å². The smallest absolute Gasteiger partial charge is 0.265 e. The molecule has 4 rings (SSSR count). The average Bonchev–Trinajstić information content (AvgIpc) is 3.22. The summed E-state index contributed by atoms with van der Waals surface area (Å²) in [4.78, 5) is 14.2. The predicted octanol–water partition coefficient (Wildman–Crippen LogP) is 5.46. The van der Waals surface area contributed by atoms with Crippen LogP contribution in [0.2, 0.25) is 0 Å². The predicted molar refractivity (Wildman–Crippen MR) is 112 cm³/mol. The van der Waals surface area contributed by atoms with Gasteiger partial charge in [0.15, 0.2) is 0 Å². The zero-order valence-electron chi connectivity index (χ0n) is 15.9. The van der Waals surface area contributed by atoms with E-state index in [0.717, 1.165) is 27.0 Å². The Kier molecular flexibility index (Phi) is 4.73. The number of nitrogens with one attached hydrogen (secondary N) is 1. The van der Waals surface area contributed by atoms with Crippen LogP contribution in [0, 0.1) is 26.6 Å². The molecule has 2 aromatic heterocycles. The molecule has 6 heteroatoms. The van der Waals surface area contributed by atoms with Gasteiger partial charge in [-0.25, -0.2) is 4.39 Å².